The first kappa shape index (κ1) is 30.1. The molecule has 1 aromatic heterocycles. The molecule has 1 heteroatoms. The van der Waals surface area contributed by atoms with Crippen molar-refractivity contribution in [3.05, 3.63) is 194 Å². The summed E-state index contributed by atoms with van der Waals surface area (Å²) in [5.74, 6) is 0. The van der Waals surface area contributed by atoms with E-state index in [0.717, 1.165) is 0 Å². The number of hydrogen-bond acceptors (Lipinski definition) is 1. The van der Waals surface area contributed by atoms with Gasteiger partial charge in [0.15, 0.2) is 0 Å². The molecule has 0 aliphatic rings. The lowest BCUT2D eigenvalue weighted by molar-refractivity contribution is 1.62. The molecule has 0 spiro atoms. The van der Waals surface area contributed by atoms with E-state index in [-0.39, 0.29) is 0 Å². The van der Waals surface area contributed by atoms with Crippen LogP contribution in [0.2, 0.25) is 0 Å². The van der Waals surface area contributed by atoms with E-state index in [0.29, 0.717) is 0 Å². The van der Waals surface area contributed by atoms with E-state index in [9.17, 15) is 0 Å². The van der Waals surface area contributed by atoms with E-state index < -0.39 is 0 Å². The molecule has 11 rings (SSSR count). The number of thiophene rings is 1. The van der Waals surface area contributed by atoms with Gasteiger partial charge in [-0.25, -0.2) is 0 Å². The number of rotatable bonds is 4. The molecule has 0 N–H and O–H groups in total. The maximum absolute atomic E-state index is 2.44. The molecule has 0 saturated carbocycles. The van der Waals surface area contributed by atoms with Crippen molar-refractivity contribution in [1.29, 1.82) is 0 Å². The molecule has 0 fully saturated rings. The van der Waals surface area contributed by atoms with E-state index in [4.69, 9.17) is 0 Å². The Morgan fingerprint density at radius 2 is 0.774 bits per heavy atom. The molecule has 1 heterocycles. The van der Waals surface area contributed by atoms with Crippen LogP contribution < -0.4 is 0 Å². The summed E-state index contributed by atoms with van der Waals surface area (Å²) in [6.45, 7) is 0. The van der Waals surface area contributed by atoms with Crippen LogP contribution in [0.15, 0.2) is 194 Å². The van der Waals surface area contributed by atoms with Crippen molar-refractivity contribution in [2.24, 2.45) is 0 Å². The summed E-state index contributed by atoms with van der Waals surface area (Å²) in [5, 5.41) is 12.8. The number of benzene rings is 10. The zero-order valence-electron chi connectivity index (χ0n) is 28.9. The summed E-state index contributed by atoms with van der Waals surface area (Å²) < 4.78 is 2.66. The first-order chi connectivity index (χ1) is 26.3. The van der Waals surface area contributed by atoms with Crippen molar-refractivity contribution in [3.63, 3.8) is 0 Å². The number of hydrogen-bond donors (Lipinski definition) is 0. The summed E-state index contributed by atoms with van der Waals surface area (Å²) in [7, 11) is 0. The van der Waals surface area contributed by atoms with Gasteiger partial charge < -0.3 is 0 Å². The summed E-state index contributed by atoms with van der Waals surface area (Å²) in [4.78, 5) is 0. The van der Waals surface area contributed by atoms with Crippen LogP contribution in [0.1, 0.15) is 0 Å². The topological polar surface area (TPSA) is 0 Å². The molecule has 0 saturated heterocycles. The van der Waals surface area contributed by atoms with Gasteiger partial charge in [0, 0.05) is 20.2 Å². The van der Waals surface area contributed by atoms with Crippen molar-refractivity contribution >= 4 is 74.6 Å². The summed E-state index contributed by atoms with van der Waals surface area (Å²) in [5.41, 5.74) is 9.96. The lowest BCUT2D eigenvalue weighted by atomic mass is 9.83. The molecule has 0 bridgehead atoms. The molecular formula is C52H32S. The van der Waals surface area contributed by atoms with Crippen LogP contribution >= 0.6 is 11.3 Å². The third-order valence-corrected chi connectivity index (χ3v) is 12.2. The van der Waals surface area contributed by atoms with Gasteiger partial charge in [0.2, 0.25) is 0 Å². The fourth-order valence-corrected chi connectivity index (χ4v) is 9.59. The second kappa shape index (κ2) is 12.0. The monoisotopic (exact) mass is 688 g/mol. The smallest absolute Gasteiger partial charge is 0.0355 e. The molecule has 246 valence electrons. The quantitative estimate of drug-likeness (QED) is 0.162. The Labute approximate surface area is 311 Å². The molecule has 11 aromatic rings. The predicted octanol–water partition coefficient (Wildman–Crippen LogP) is 15.3. The Morgan fingerprint density at radius 3 is 1.60 bits per heavy atom. The minimum absolute atomic E-state index is 1.22. The highest BCUT2D eigenvalue weighted by Crippen LogP contribution is 2.47. The van der Waals surface area contributed by atoms with Crippen LogP contribution in [-0.4, -0.2) is 0 Å². The van der Waals surface area contributed by atoms with Gasteiger partial charge in [-0.2, -0.15) is 0 Å². The highest BCUT2D eigenvalue weighted by atomic mass is 32.1. The van der Waals surface area contributed by atoms with Crippen molar-refractivity contribution in [2.75, 3.05) is 0 Å². The average molecular weight is 689 g/mol. The van der Waals surface area contributed by atoms with Gasteiger partial charge in [0.25, 0.3) is 0 Å². The SMILES string of the molecule is c1ccc2cc(-c3ccc(-c4c5ccccc5c(-c5cccc6ccccc56)c5ccc(-c6ccc7sc8ccccc8c7c6)cc45)cc3)ccc2c1. The van der Waals surface area contributed by atoms with E-state index >= 15 is 0 Å². The third kappa shape index (κ3) is 4.89. The van der Waals surface area contributed by atoms with E-state index in [1.54, 1.807) is 0 Å². The van der Waals surface area contributed by atoms with E-state index in [1.165, 1.54) is 108 Å². The van der Waals surface area contributed by atoms with Crippen LogP contribution in [0.5, 0.6) is 0 Å². The second-order valence-electron chi connectivity index (χ2n) is 14.0. The summed E-state index contributed by atoms with van der Waals surface area (Å²) in [6, 6.07) is 71.9. The molecule has 53 heavy (non-hydrogen) atoms. The van der Waals surface area contributed by atoms with E-state index in [2.05, 4.69) is 194 Å². The zero-order valence-corrected chi connectivity index (χ0v) is 29.7. The maximum Gasteiger partial charge on any atom is 0.0355 e. The van der Waals surface area contributed by atoms with Crippen LogP contribution in [0.3, 0.4) is 0 Å². The van der Waals surface area contributed by atoms with Crippen molar-refractivity contribution < 1.29 is 0 Å². The standard InChI is InChI=1S/C52H32S/c1-2-12-37-30-38(25-22-33(37)10-1)34-20-23-36(24-21-34)51-44-16-5-6-17-45(44)52(43-18-9-13-35-11-3-4-14-41(35)43)46-28-26-39(32-48(46)51)40-27-29-50-47(31-40)42-15-7-8-19-49(42)53-50/h1-32H. The first-order valence-corrected chi connectivity index (χ1v) is 19.1. The summed E-state index contributed by atoms with van der Waals surface area (Å²) >= 11 is 1.87. The molecule has 10 aromatic carbocycles. The minimum atomic E-state index is 1.22. The average Bonchev–Trinajstić information content (AvgIpc) is 3.60. The molecule has 0 unspecified atom stereocenters. The highest BCUT2D eigenvalue weighted by molar-refractivity contribution is 7.25. The van der Waals surface area contributed by atoms with Crippen molar-refractivity contribution in [2.45, 2.75) is 0 Å². The summed E-state index contributed by atoms with van der Waals surface area (Å²) in [6.07, 6.45) is 0. The molecular weight excluding hydrogens is 657 g/mol. The van der Waals surface area contributed by atoms with Gasteiger partial charge >= 0.3 is 0 Å². The van der Waals surface area contributed by atoms with Gasteiger partial charge in [0.1, 0.15) is 0 Å². The molecule has 0 aliphatic heterocycles. The van der Waals surface area contributed by atoms with Crippen molar-refractivity contribution in [3.8, 4) is 44.5 Å². The molecule has 0 amide bonds. The Kier molecular flexibility index (Phi) is 6.83. The Hall–Kier alpha value is -6.54. The van der Waals surface area contributed by atoms with Gasteiger partial charge in [0.05, 0.1) is 0 Å². The third-order valence-electron chi connectivity index (χ3n) is 11.0. The fraction of sp³-hybridized carbons (Fsp3) is 0. The Morgan fingerprint density at radius 1 is 0.245 bits per heavy atom. The van der Waals surface area contributed by atoms with Gasteiger partial charge in [-0.3, -0.25) is 0 Å². The van der Waals surface area contributed by atoms with Crippen LogP contribution in [0.4, 0.5) is 0 Å². The Balaban J connectivity index is 1.17. The lowest BCUT2D eigenvalue weighted by Gasteiger charge is -2.20. The largest absolute Gasteiger partial charge is 0.135 e. The predicted molar refractivity (Wildman–Crippen MR) is 231 cm³/mol. The maximum atomic E-state index is 2.44. The first-order valence-electron chi connectivity index (χ1n) is 18.2. The Bertz CT molecular complexity index is 3210. The van der Waals surface area contributed by atoms with Crippen LogP contribution in [-0.2, 0) is 0 Å². The minimum Gasteiger partial charge on any atom is -0.135 e. The van der Waals surface area contributed by atoms with Crippen LogP contribution in [0, 0.1) is 0 Å². The molecule has 0 nitrogen and oxygen atoms in total. The molecule has 0 aliphatic carbocycles. The van der Waals surface area contributed by atoms with Gasteiger partial charge in [-0.05, 0) is 118 Å². The lowest BCUT2D eigenvalue weighted by Crippen LogP contribution is -1.92. The van der Waals surface area contributed by atoms with Gasteiger partial charge in [-0.15, -0.1) is 11.3 Å². The van der Waals surface area contributed by atoms with Gasteiger partial charge in [-0.1, -0.05) is 164 Å². The van der Waals surface area contributed by atoms with E-state index in [1.807, 2.05) is 11.3 Å². The number of fused-ring (bicyclic) bond motifs is 7. The molecule has 0 atom stereocenters. The molecule has 0 radical (unpaired) electrons. The zero-order chi connectivity index (χ0) is 34.9. The highest BCUT2D eigenvalue weighted by Gasteiger charge is 2.19. The normalized spacial score (nSPS) is 11.8. The van der Waals surface area contributed by atoms with Crippen molar-refractivity contribution in [1.82, 2.24) is 0 Å². The van der Waals surface area contributed by atoms with Crippen LogP contribution in [0.25, 0.3) is 108 Å². The second-order valence-corrected chi connectivity index (χ2v) is 15.1. The fourth-order valence-electron chi connectivity index (χ4n) is 8.51.